The summed E-state index contributed by atoms with van der Waals surface area (Å²) >= 11 is 0. The van der Waals surface area contributed by atoms with Crippen LogP contribution >= 0.6 is 0 Å². The summed E-state index contributed by atoms with van der Waals surface area (Å²) in [4.78, 5) is 26.7. The van der Waals surface area contributed by atoms with Crippen LogP contribution in [-0.2, 0) is 19.6 Å². The number of para-hydroxylation sites is 1. The van der Waals surface area contributed by atoms with E-state index >= 15 is 0 Å². The molecule has 0 spiro atoms. The Balaban J connectivity index is 1.46. The van der Waals surface area contributed by atoms with Gasteiger partial charge in [0.25, 0.3) is 5.91 Å². The molecule has 4 rings (SSSR count). The van der Waals surface area contributed by atoms with Crippen molar-refractivity contribution in [2.75, 3.05) is 13.2 Å². The molecule has 0 aliphatic carbocycles. The summed E-state index contributed by atoms with van der Waals surface area (Å²) in [5.74, 6) is 0.0372. The average molecular weight is 382 g/mol. The van der Waals surface area contributed by atoms with Gasteiger partial charge < -0.3 is 9.64 Å². The van der Waals surface area contributed by atoms with Gasteiger partial charge in [-0.1, -0.05) is 36.4 Å². The van der Waals surface area contributed by atoms with Gasteiger partial charge in [0, 0.05) is 25.2 Å². The van der Waals surface area contributed by atoms with Gasteiger partial charge in [-0.05, 0) is 18.2 Å². The van der Waals surface area contributed by atoms with Gasteiger partial charge in [0.05, 0.1) is 6.54 Å². The smallest absolute Gasteiger partial charge is 0.346 e. The van der Waals surface area contributed by atoms with Crippen LogP contribution in [0, 0.1) is 5.82 Å². The highest BCUT2D eigenvalue weighted by molar-refractivity contribution is 5.91. The Morgan fingerprint density at radius 2 is 1.75 bits per heavy atom. The molecular formula is C20H19FN4O3. The fraction of sp³-hybridized carbons (Fsp3) is 0.250. The van der Waals surface area contributed by atoms with Gasteiger partial charge in [-0.2, -0.15) is 0 Å². The van der Waals surface area contributed by atoms with Crippen molar-refractivity contribution in [1.82, 2.24) is 19.2 Å². The third-order valence-corrected chi connectivity index (χ3v) is 4.63. The Kier molecular flexibility index (Phi) is 4.92. The Hall–Kier alpha value is -3.42. The predicted molar refractivity (Wildman–Crippen MR) is 99.6 cm³/mol. The fourth-order valence-corrected chi connectivity index (χ4v) is 3.16. The summed E-state index contributed by atoms with van der Waals surface area (Å²) in [5, 5.41) is 4.18. The van der Waals surface area contributed by atoms with E-state index in [1.54, 1.807) is 18.2 Å². The molecule has 0 saturated carbocycles. The summed E-state index contributed by atoms with van der Waals surface area (Å²) in [6.45, 7) is 1.28. The molecule has 1 aromatic heterocycles. The van der Waals surface area contributed by atoms with Crippen LogP contribution in [0.15, 0.2) is 59.4 Å². The van der Waals surface area contributed by atoms with E-state index in [-0.39, 0.29) is 42.9 Å². The van der Waals surface area contributed by atoms with Gasteiger partial charge in [-0.25, -0.2) is 13.9 Å². The van der Waals surface area contributed by atoms with Crippen LogP contribution in [0.1, 0.15) is 16.2 Å². The van der Waals surface area contributed by atoms with Crippen molar-refractivity contribution in [3.63, 3.8) is 0 Å². The van der Waals surface area contributed by atoms with Gasteiger partial charge in [0.2, 0.25) is 5.82 Å². The highest BCUT2D eigenvalue weighted by atomic mass is 19.1. The second kappa shape index (κ2) is 7.67. The number of ether oxygens (including phenoxy) is 1. The number of halogens is 1. The number of hydrogen-bond donors (Lipinski definition) is 0. The minimum absolute atomic E-state index is 0.0762. The average Bonchev–Trinajstić information content (AvgIpc) is 3.03. The van der Waals surface area contributed by atoms with Crippen LogP contribution in [0.3, 0.4) is 0 Å². The predicted octanol–water partition coefficient (Wildman–Crippen LogP) is 1.92. The van der Waals surface area contributed by atoms with Crippen molar-refractivity contribution in [3.05, 3.63) is 82.3 Å². The van der Waals surface area contributed by atoms with E-state index in [4.69, 9.17) is 4.74 Å². The molecule has 2 aromatic carbocycles. The number of benzene rings is 2. The minimum atomic E-state index is -0.380. The van der Waals surface area contributed by atoms with Crippen LogP contribution in [-0.4, -0.2) is 38.3 Å². The molecule has 0 radical (unpaired) electrons. The number of carbonyl (C=O) groups is 1. The van der Waals surface area contributed by atoms with Crippen LogP contribution in [0.5, 0.6) is 5.75 Å². The van der Waals surface area contributed by atoms with Crippen LogP contribution in [0.25, 0.3) is 0 Å². The first-order chi connectivity index (χ1) is 13.6. The number of carbonyl (C=O) groups excluding carboxylic acids is 1. The van der Waals surface area contributed by atoms with Crippen LogP contribution in [0.4, 0.5) is 4.39 Å². The molecule has 144 valence electrons. The van der Waals surface area contributed by atoms with Crippen molar-refractivity contribution in [2.45, 2.75) is 19.6 Å². The Bertz CT molecular complexity index is 1050. The van der Waals surface area contributed by atoms with Crippen molar-refractivity contribution >= 4 is 5.91 Å². The van der Waals surface area contributed by atoms with Gasteiger partial charge in [-0.3, -0.25) is 9.36 Å². The van der Waals surface area contributed by atoms with Crippen molar-refractivity contribution in [2.24, 2.45) is 0 Å². The summed E-state index contributed by atoms with van der Waals surface area (Å²) in [5.41, 5.74) is 0.0906. The van der Waals surface area contributed by atoms with E-state index in [0.29, 0.717) is 24.4 Å². The van der Waals surface area contributed by atoms with E-state index < -0.39 is 0 Å². The van der Waals surface area contributed by atoms with Gasteiger partial charge >= 0.3 is 5.69 Å². The van der Waals surface area contributed by atoms with Crippen LogP contribution in [0.2, 0.25) is 0 Å². The van der Waals surface area contributed by atoms with E-state index in [0.717, 1.165) is 0 Å². The molecule has 28 heavy (non-hydrogen) atoms. The molecule has 0 saturated heterocycles. The Labute approximate surface area is 160 Å². The molecule has 1 amide bonds. The molecule has 0 fully saturated rings. The standard InChI is InChI=1S/C20H19FN4O3/c21-17-9-5-4-6-15(17)14-23-10-11-24-18(19(23)26)22-25(20(24)27)12-13-28-16-7-2-1-3-8-16/h1-9H,10-14H2. The van der Waals surface area contributed by atoms with Crippen molar-refractivity contribution in [3.8, 4) is 5.75 Å². The number of amides is 1. The summed E-state index contributed by atoms with van der Waals surface area (Å²) in [6.07, 6.45) is 0. The number of nitrogens with zero attached hydrogens (tertiary/aromatic N) is 4. The zero-order valence-corrected chi connectivity index (χ0v) is 15.1. The molecule has 0 unspecified atom stereocenters. The molecule has 1 aliphatic heterocycles. The summed E-state index contributed by atoms with van der Waals surface area (Å²) in [7, 11) is 0. The maximum absolute atomic E-state index is 13.9. The first-order valence-electron chi connectivity index (χ1n) is 9.01. The highest BCUT2D eigenvalue weighted by Crippen LogP contribution is 2.15. The largest absolute Gasteiger partial charge is 0.492 e. The molecule has 1 aliphatic rings. The normalized spacial score (nSPS) is 13.5. The quantitative estimate of drug-likeness (QED) is 0.653. The SMILES string of the molecule is O=C1c2nn(CCOc3ccccc3)c(=O)n2CCN1Cc1ccccc1F. The van der Waals surface area contributed by atoms with Gasteiger partial charge in [-0.15, -0.1) is 5.10 Å². The molecule has 0 bridgehead atoms. The molecule has 7 nitrogen and oxygen atoms in total. The van der Waals surface area contributed by atoms with Crippen LogP contribution < -0.4 is 10.4 Å². The van der Waals surface area contributed by atoms with Crippen molar-refractivity contribution in [1.29, 1.82) is 0 Å². The lowest BCUT2D eigenvalue weighted by atomic mass is 10.2. The third kappa shape index (κ3) is 3.53. The Morgan fingerprint density at radius 1 is 1.00 bits per heavy atom. The first kappa shape index (κ1) is 18.0. The van der Waals surface area contributed by atoms with Crippen molar-refractivity contribution < 1.29 is 13.9 Å². The lowest BCUT2D eigenvalue weighted by Gasteiger charge is -2.26. The highest BCUT2D eigenvalue weighted by Gasteiger charge is 2.29. The summed E-state index contributed by atoms with van der Waals surface area (Å²) in [6, 6.07) is 15.6. The molecular weight excluding hydrogens is 363 g/mol. The molecule has 2 heterocycles. The Morgan fingerprint density at radius 3 is 2.54 bits per heavy atom. The van der Waals surface area contributed by atoms with E-state index in [1.807, 2.05) is 30.3 Å². The maximum Gasteiger partial charge on any atom is 0.346 e. The van der Waals surface area contributed by atoms with E-state index in [1.165, 1.54) is 20.2 Å². The number of fused-ring (bicyclic) bond motifs is 1. The molecule has 0 atom stereocenters. The molecule has 0 N–H and O–H groups in total. The number of hydrogen-bond acceptors (Lipinski definition) is 4. The number of aromatic nitrogens is 3. The lowest BCUT2D eigenvalue weighted by Crippen LogP contribution is -2.42. The molecule has 8 heteroatoms. The zero-order valence-electron chi connectivity index (χ0n) is 15.1. The second-order valence-corrected chi connectivity index (χ2v) is 6.46. The fourth-order valence-electron chi connectivity index (χ4n) is 3.16. The minimum Gasteiger partial charge on any atom is -0.492 e. The van der Waals surface area contributed by atoms with Gasteiger partial charge in [0.15, 0.2) is 0 Å². The second-order valence-electron chi connectivity index (χ2n) is 6.46. The molecule has 3 aromatic rings. The summed E-state index contributed by atoms with van der Waals surface area (Å²) < 4.78 is 22.1. The monoisotopic (exact) mass is 382 g/mol. The lowest BCUT2D eigenvalue weighted by molar-refractivity contribution is 0.0679. The van der Waals surface area contributed by atoms with E-state index in [2.05, 4.69) is 5.10 Å². The first-order valence-corrected chi connectivity index (χ1v) is 9.01. The zero-order chi connectivity index (χ0) is 19.5. The number of rotatable bonds is 6. The van der Waals surface area contributed by atoms with E-state index in [9.17, 15) is 14.0 Å². The topological polar surface area (TPSA) is 69.4 Å². The third-order valence-electron chi connectivity index (χ3n) is 4.63. The maximum atomic E-state index is 13.9. The van der Waals surface area contributed by atoms with Gasteiger partial charge in [0.1, 0.15) is 18.2 Å².